The van der Waals surface area contributed by atoms with Crippen molar-refractivity contribution in [3.63, 3.8) is 0 Å². The van der Waals surface area contributed by atoms with Gasteiger partial charge in [0.05, 0.1) is 36.5 Å². The van der Waals surface area contributed by atoms with Gasteiger partial charge in [0.2, 0.25) is 0 Å². The topological polar surface area (TPSA) is 18.5 Å². The predicted octanol–water partition coefficient (Wildman–Crippen LogP) is 13.3. The van der Waals surface area contributed by atoms with Gasteiger partial charge in [-0.25, -0.2) is 0 Å². The summed E-state index contributed by atoms with van der Waals surface area (Å²) >= 11 is 0. The Hall–Kier alpha value is -4.80. The van der Waals surface area contributed by atoms with Crippen molar-refractivity contribution in [1.82, 2.24) is 0 Å². The molecule has 334 valence electrons. The number of halogens is 12. The quantitative estimate of drug-likeness (QED) is 0.123. The summed E-state index contributed by atoms with van der Waals surface area (Å²) in [5.41, 5.74) is -3.85. The zero-order valence-electron chi connectivity index (χ0n) is 34.7. The highest BCUT2D eigenvalue weighted by molar-refractivity contribution is 7.74. The van der Waals surface area contributed by atoms with Crippen LogP contribution in [-0.2, 0) is 24.7 Å². The van der Waals surface area contributed by atoms with Gasteiger partial charge in [-0.3, -0.25) is 0 Å². The van der Waals surface area contributed by atoms with Gasteiger partial charge >= 0.3 is 24.7 Å². The van der Waals surface area contributed by atoms with Crippen molar-refractivity contribution >= 4 is 37.1 Å². The van der Waals surface area contributed by atoms with E-state index in [1.807, 2.05) is 70.2 Å². The largest absolute Gasteiger partial charge is 0.496 e. The Kier molecular flexibility index (Phi) is 13.3. The molecule has 0 N–H and O–H groups in total. The van der Waals surface area contributed by atoms with Gasteiger partial charge in [-0.15, -0.1) is 0 Å². The Bertz CT molecular complexity index is 2330. The van der Waals surface area contributed by atoms with Crippen molar-refractivity contribution in [2.45, 2.75) is 70.6 Å². The van der Waals surface area contributed by atoms with Crippen LogP contribution in [0.4, 0.5) is 52.7 Å². The smallest absolute Gasteiger partial charge is 0.416 e. The number of methoxy groups -OCH3 is 2. The van der Waals surface area contributed by atoms with E-state index in [1.165, 1.54) is 6.92 Å². The SMILES string of the molecule is COc1c(C)cc(P(c2cc(C)c(OC)c(C)c2)C2C=CC=CC2=C2C=CC=C2[C@@H](C)P(c2cc(C(F)(F)F)cc(C(F)(F)F)c2)c2cc(C(F)(F)F)cc(C(F)(F)F)c2)cc1C. The number of rotatable bonds is 9. The minimum atomic E-state index is -5.35. The normalized spacial score (nSPS) is 17.5. The number of ether oxygens (including phenoxy) is 2. The fourth-order valence-corrected chi connectivity index (χ4v) is 14.1. The predicted molar refractivity (Wildman–Crippen MR) is 226 cm³/mol. The molecule has 0 saturated carbocycles. The van der Waals surface area contributed by atoms with E-state index in [2.05, 4.69) is 0 Å². The van der Waals surface area contributed by atoms with Gasteiger partial charge in [0.25, 0.3) is 0 Å². The van der Waals surface area contributed by atoms with Crippen LogP contribution < -0.4 is 30.7 Å². The summed E-state index contributed by atoms with van der Waals surface area (Å²) in [7, 11) is -1.15. The number of hydrogen-bond donors (Lipinski definition) is 0. The minimum absolute atomic E-state index is 0.129. The van der Waals surface area contributed by atoms with Crippen molar-refractivity contribution in [3.05, 3.63) is 164 Å². The first kappa shape index (κ1) is 47.7. The third-order valence-electron chi connectivity index (χ3n) is 10.8. The highest BCUT2D eigenvalue weighted by Gasteiger charge is 2.42. The summed E-state index contributed by atoms with van der Waals surface area (Å²) in [4.78, 5) is 0. The summed E-state index contributed by atoms with van der Waals surface area (Å²) in [6, 6.07) is 9.34. The lowest BCUT2D eigenvalue weighted by Crippen LogP contribution is -2.27. The maximum absolute atomic E-state index is 14.3. The van der Waals surface area contributed by atoms with Crippen LogP contribution in [0.25, 0.3) is 0 Å². The van der Waals surface area contributed by atoms with Crippen LogP contribution in [0.3, 0.4) is 0 Å². The number of hydrogen-bond acceptors (Lipinski definition) is 2. The fraction of sp³-hybridized carbons (Fsp3) is 0.277. The summed E-state index contributed by atoms with van der Waals surface area (Å²) in [6.07, 6.45) is -9.20. The van der Waals surface area contributed by atoms with Crippen LogP contribution in [0.2, 0.25) is 0 Å². The molecule has 63 heavy (non-hydrogen) atoms. The number of benzene rings is 4. The van der Waals surface area contributed by atoms with Gasteiger partial charge in [0.1, 0.15) is 11.5 Å². The molecule has 4 aromatic rings. The summed E-state index contributed by atoms with van der Waals surface area (Å²) in [5.74, 6) is 1.37. The van der Waals surface area contributed by atoms with E-state index in [0.717, 1.165) is 32.9 Å². The molecule has 2 atom stereocenters. The highest BCUT2D eigenvalue weighted by Crippen LogP contribution is 2.53. The molecule has 4 aromatic carbocycles. The third-order valence-corrected chi connectivity index (χ3v) is 16.1. The van der Waals surface area contributed by atoms with E-state index in [1.54, 1.807) is 38.5 Å². The third kappa shape index (κ3) is 9.97. The molecule has 0 heterocycles. The minimum Gasteiger partial charge on any atom is -0.496 e. The first-order valence-corrected chi connectivity index (χ1v) is 22.0. The van der Waals surface area contributed by atoms with E-state index in [-0.39, 0.29) is 12.1 Å². The molecule has 0 aromatic heterocycles. The van der Waals surface area contributed by atoms with Crippen LogP contribution in [0.1, 0.15) is 51.4 Å². The molecular weight excluding hydrogens is 886 g/mol. The van der Waals surface area contributed by atoms with Gasteiger partial charge in [-0.1, -0.05) is 49.5 Å². The average Bonchev–Trinajstić information content (AvgIpc) is 3.67. The fourth-order valence-electron chi connectivity index (χ4n) is 8.20. The van der Waals surface area contributed by atoms with Crippen molar-refractivity contribution in [3.8, 4) is 11.5 Å². The van der Waals surface area contributed by atoms with E-state index < -0.39 is 84.7 Å². The lowest BCUT2D eigenvalue weighted by molar-refractivity contribution is -0.144. The zero-order valence-corrected chi connectivity index (χ0v) is 36.5. The van der Waals surface area contributed by atoms with Crippen molar-refractivity contribution in [2.75, 3.05) is 14.2 Å². The maximum Gasteiger partial charge on any atom is 0.416 e. The Balaban J connectivity index is 1.63. The molecule has 0 saturated heterocycles. The molecule has 2 aliphatic rings. The molecule has 16 heteroatoms. The summed E-state index contributed by atoms with van der Waals surface area (Å²) < 4.78 is 183. The number of aryl methyl sites for hydroxylation is 4. The van der Waals surface area contributed by atoms with E-state index in [0.29, 0.717) is 52.5 Å². The summed E-state index contributed by atoms with van der Waals surface area (Å²) in [5, 5.41) is 0.442. The van der Waals surface area contributed by atoms with E-state index in [4.69, 9.17) is 9.47 Å². The van der Waals surface area contributed by atoms with Gasteiger partial charge in [0, 0.05) is 11.3 Å². The molecule has 1 unspecified atom stereocenters. The second-order valence-electron chi connectivity index (χ2n) is 15.2. The zero-order chi connectivity index (χ0) is 46.6. The molecule has 0 amide bonds. The molecule has 2 nitrogen and oxygen atoms in total. The number of allylic oxidation sites excluding steroid dienone is 10. The van der Waals surface area contributed by atoms with Crippen LogP contribution in [0.5, 0.6) is 11.5 Å². The second kappa shape index (κ2) is 17.6. The first-order valence-electron chi connectivity index (χ1n) is 19.2. The molecular formula is C47H40F12O2P2. The van der Waals surface area contributed by atoms with E-state index in [9.17, 15) is 52.7 Å². The first-order chi connectivity index (χ1) is 29.2. The van der Waals surface area contributed by atoms with Gasteiger partial charge in [-0.2, -0.15) is 52.7 Å². The standard InChI is InChI=1S/C47H40F12O2P2/c1-25-15-34(16-26(2)42(25)60-6)63(35-17-27(3)43(61-7)28(4)18-35)41-14-9-8-11-40(41)39-13-10-12-38(39)29(5)62(36-21-30(44(48,49)50)19-31(22-36)45(51,52)53)37-23-32(46(54,55)56)20-33(24-37)47(57,58)59/h8-24,29,41H,1-7H3/t29-,41?/m1/s1. The van der Waals surface area contributed by atoms with Crippen LogP contribution in [-0.4, -0.2) is 25.5 Å². The van der Waals surface area contributed by atoms with Crippen molar-refractivity contribution in [1.29, 1.82) is 0 Å². The Labute approximate surface area is 359 Å². The average molecular weight is 927 g/mol. The molecule has 0 spiro atoms. The molecule has 0 fully saturated rings. The lowest BCUT2D eigenvalue weighted by atomic mass is 9.95. The monoisotopic (exact) mass is 926 g/mol. The molecule has 6 rings (SSSR count). The Morgan fingerprint density at radius 1 is 0.492 bits per heavy atom. The van der Waals surface area contributed by atoms with Crippen molar-refractivity contribution < 1.29 is 62.2 Å². The van der Waals surface area contributed by atoms with Gasteiger partial charge in [-0.05, 0) is 164 Å². The van der Waals surface area contributed by atoms with Crippen LogP contribution in [0, 0.1) is 27.7 Å². The van der Waals surface area contributed by atoms with Crippen molar-refractivity contribution in [2.24, 2.45) is 0 Å². The molecule has 0 aliphatic heterocycles. The van der Waals surface area contributed by atoms with E-state index >= 15 is 0 Å². The Morgan fingerprint density at radius 2 is 0.873 bits per heavy atom. The van der Waals surface area contributed by atoms with Gasteiger partial charge < -0.3 is 9.47 Å². The number of alkyl halides is 12. The van der Waals surface area contributed by atoms with Crippen LogP contribution in [0.15, 0.2) is 120 Å². The summed E-state index contributed by atoms with van der Waals surface area (Å²) in [6.45, 7) is 9.03. The van der Waals surface area contributed by atoms with Crippen LogP contribution >= 0.6 is 15.8 Å². The lowest BCUT2D eigenvalue weighted by Gasteiger charge is -2.34. The maximum atomic E-state index is 14.3. The molecule has 0 radical (unpaired) electrons. The second-order valence-corrected chi connectivity index (χ2v) is 20.1. The Morgan fingerprint density at radius 3 is 1.22 bits per heavy atom. The van der Waals surface area contributed by atoms with Gasteiger partial charge in [0.15, 0.2) is 0 Å². The molecule has 2 aliphatic carbocycles. The highest BCUT2D eigenvalue weighted by atomic mass is 31.1. The molecule has 0 bridgehead atoms.